The third-order valence-corrected chi connectivity index (χ3v) is 9.87. The lowest BCUT2D eigenvalue weighted by Gasteiger charge is -2.41. The molecular weight excluding hydrogens is 620 g/mol. The Labute approximate surface area is 292 Å². The Hall–Kier alpha value is -4.12. The van der Waals surface area contributed by atoms with Crippen molar-refractivity contribution in [2.45, 2.75) is 90.6 Å². The summed E-state index contributed by atoms with van der Waals surface area (Å²) >= 11 is 0. The average molecular weight is 677 g/mol. The first kappa shape index (κ1) is 37.7. The number of aryl methyl sites for hydroxylation is 1. The second-order valence-electron chi connectivity index (χ2n) is 13.5. The molecule has 3 N–H and O–H groups in total. The Morgan fingerprint density at radius 1 is 0.796 bits per heavy atom. The first-order valence-electron chi connectivity index (χ1n) is 18.0. The van der Waals surface area contributed by atoms with Crippen LogP contribution in [0.25, 0.3) is 0 Å². The predicted molar refractivity (Wildman–Crippen MR) is 194 cm³/mol. The normalized spacial score (nSPS) is 18.0. The average Bonchev–Trinajstić information content (AvgIpc) is 3.12. The molecule has 5 rings (SSSR count). The van der Waals surface area contributed by atoms with Crippen molar-refractivity contribution >= 4 is 35.1 Å². The number of nitrogens with zero attached hydrogens (tertiary/aromatic N) is 3. The maximum Gasteiger partial charge on any atom is 0.320 e. The summed E-state index contributed by atoms with van der Waals surface area (Å²) in [5.41, 5.74) is 2.60. The summed E-state index contributed by atoms with van der Waals surface area (Å²) in [4.78, 5) is 56.8. The lowest BCUT2D eigenvalue weighted by atomic mass is 9.98. The molecule has 3 fully saturated rings. The highest BCUT2D eigenvalue weighted by Gasteiger charge is 2.34. The van der Waals surface area contributed by atoms with Gasteiger partial charge in [-0.05, 0) is 87.7 Å². The molecule has 11 heteroatoms. The molecule has 3 aliphatic heterocycles. The molecule has 3 aliphatic rings. The molecule has 11 nitrogen and oxygen atoms in total. The number of hydrogen-bond donors (Lipinski definition) is 3. The number of carbonyl (C=O) groups is 4. The number of ether oxygens (including phenoxy) is 1. The van der Waals surface area contributed by atoms with Crippen molar-refractivity contribution in [2.75, 3.05) is 57.0 Å². The molecule has 2 aromatic rings. The highest BCUT2D eigenvalue weighted by molar-refractivity contribution is 5.96. The maximum absolute atomic E-state index is 13.6. The minimum atomic E-state index is -0.909. The van der Waals surface area contributed by atoms with Gasteiger partial charge >= 0.3 is 6.03 Å². The molecule has 49 heavy (non-hydrogen) atoms. The van der Waals surface area contributed by atoms with Gasteiger partial charge in [-0.2, -0.15) is 0 Å². The zero-order chi connectivity index (χ0) is 35.2. The van der Waals surface area contributed by atoms with E-state index in [9.17, 15) is 19.2 Å². The predicted octanol–water partition coefficient (Wildman–Crippen LogP) is 5.52. The number of nitrogens with one attached hydrogen (secondary N) is 3. The van der Waals surface area contributed by atoms with Crippen molar-refractivity contribution in [1.29, 1.82) is 0 Å². The van der Waals surface area contributed by atoms with Crippen LogP contribution >= 0.6 is 0 Å². The Kier molecular flexibility index (Phi) is 14.7. The maximum atomic E-state index is 13.6. The number of benzene rings is 2. The van der Waals surface area contributed by atoms with Gasteiger partial charge in [0.15, 0.2) is 0 Å². The summed E-state index contributed by atoms with van der Waals surface area (Å²) in [6, 6.07) is 14.0. The second kappa shape index (κ2) is 19.2. The fourth-order valence-electron chi connectivity index (χ4n) is 6.92. The number of methoxy groups -OCH3 is 1. The van der Waals surface area contributed by atoms with Crippen LogP contribution in [-0.4, -0.2) is 96.9 Å². The van der Waals surface area contributed by atoms with Crippen molar-refractivity contribution in [2.24, 2.45) is 5.92 Å². The summed E-state index contributed by atoms with van der Waals surface area (Å²) in [6.45, 7) is 10.8. The van der Waals surface area contributed by atoms with Gasteiger partial charge in [-0.25, -0.2) is 4.79 Å². The van der Waals surface area contributed by atoms with Crippen molar-refractivity contribution in [3.05, 3.63) is 54.1 Å². The largest absolute Gasteiger partial charge is 0.495 e. The van der Waals surface area contributed by atoms with Gasteiger partial charge < -0.3 is 35.4 Å². The number of hydrogen-bond acceptors (Lipinski definition) is 6. The first-order valence-corrected chi connectivity index (χ1v) is 18.0. The van der Waals surface area contributed by atoms with E-state index < -0.39 is 12.1 Å². The third-order valence-electron chi connectivity index (χ3n) is 9.87. The summed E-state index contributed by atoms with van der Waals surface area (Å²) in [5, 5.41) is 8.38. The fourth-order valence-corrected chi connectivity index (χ4v) is 6.92. The Morgan fingerprint density at radius 3 is 2.04 bits per heavy atom. The summed E-state index contributed by atoms with van der Waals surface area (Å²) < 4.78 is 5.32. The molecule has 3 heterocycles. The quantitative estimate of drug-likeness (QED) is 0.322. The zero-order valence-electron chi connectivity index (χ0n) is 29.8. The van der Waals surface area contributed by atoms with E-state index in [1.807, 2.05) is 40.1 Å². The first-order chi connectivity index (χ1) is 23.7. The summed E-state index contributed by atoms with van der Waals surface area (Å²) in [7, 11) is 1.54. The van der Waals surface area contributed by atoms with Crippen molar-refractivity contribution in [3.63, 3.8) is 0 Å². The monoisotopic (exact) mass is 676 g/mol. The van der Waals surface area contributed by atoms with Gasteiger partial charge in [0.05, 0.1) is 19.2 Å². The van der Waals surface area contributed by atoms with E-state index in [1.54, 1.807) is 18.2 Å². The van der Waals surface area contributed by atoms with Crippen LogP contribution in [0.5, 0.6) is 5.75 Å². The van der Waals surface area contributed by atoms with E-state index in [1.165, 1.54) is 38.9 Å². The van der Waals surface area contributed by atoms with Gasteiger partial charge in [0.1, 0.15) is 11.8 Å². The molecule has 2 aromatic carbocycles. The lowest BCUT2D eigenvalue weighted by Crippen LogP contribution is -2.55. The molecule has 0 radical (unpaired) electrons. The smallest absolute Gasteiger partial charge is 0.320 e. The minimum Gasteiger partial charge on any atom is -0.495 e. The topological polar surface area (TPSA) is 123 Å². The fraction of sp³-hybridized carbons (Fsp3) is 0.579. The molecule has 0 aliphatic carbocycles. The number of urea groups is 1. The number of anilines is 2. The van der Waals surface area contributed by atoms with E-state index in [2.05, 4.69) is 34.7 Å². The van der Waals surface area contributed by atoms with E-state index >= 15 is 0 Å². The number of piperidine rings is 3. The van der Waals surface area contributed by atoms with Crippen LogP contribution < -0.4 is 20.7 Å². The van der Waals surface area contributed by atoms with Crippen LogP contribution in [0.1, 0.15) is 77.7 Å². The van der Waals surface area contributed by atoms with E-state index in [0.717, 1.165) is 50.9 Å². The molecule has 5 amide bonds. The minimum absolute atomic E-state index is 0.0177. The van der Waals surface area contributed by atoms with Gasteiger partial charge in [0.25, 0.3) is 0 Å². The molecule has 0 bridgehead atoms. The van der Waals surface area contributed by atoms with Crippen LogP contribution in [0.15, 0.2) is 48.5 Å². The number of rotatable bonds is 9. The molecule has 0 spiro atoms. The van der Waals surface area contributed by atoms with Gasteiger partial charge in [0.2, 0.25) is 17.7 Å². The van der Waals surface area contributed by atoms with E-state index in [0.29, 0.717) is 49.6 Å². The SMILES string of the molecule is CCc1ccccc1NC(C)=O.COc1ccccc1NC(=O)NC(CC(=O)N1CCC(C)CC1)C(=O)N1CCC(N2CCCCC2)CC1. The molecule has 0 saturated carbocycles. The standard InChI is InChI=1S/C28H43N5O4.C10H13NO/c1-21-10-16-32(17-11-21)26(34)20-24(30-28(36)29-23-8-4-5-9-25(23)37-2)27(35)33-18-12-22(13-19-33)31-14-6-3-7-15-31;1-3-9-6-4-5-7-10(9)11-8(2)12/h4-5,8-9,21-22,24H,3,6-7,10-20H2,1-2H3,(H2,29,30,36);4-7H,3H2,1-2H3,(H,11,12). The van der Waals surface area contributed by atoms with Crippen molar-refractivity contribution in [3.8, 4) is 5.75 Å². The molecule has 3 saturated heterocycles. The van der Waals surface area contributed by atoms with Crippen LogP contribution in [-0.2, 0) is 20.8 Å². The molecule has 1 atom stereocenters. The number of amides is 5. The van der Waals surface area contributed by atoms with Crippen molar-refractivity contribution < 1.29 is 23.9 Å². The summed E-state index contributed by atoms with van der Waals surface area (Å²) in [5.74, 6) is 0.860. The molecule has 1 unspecified atom stereocenters. The highest BCUT2D eigenvalue weighted by Crippen LogP contribution is 2.24. The number of likely N-dealkylation sites (tertiary alicyclic amines) is 3. The van der Waals surface area contributed by atoms with Gasteiger partial charge in [-0.15, -0.1) is 0 Å². The number of carbonyl (C=O) groups excluding carboxylic acids is 4. The Bertz CT molecular complexity index is 1380. The van der Waals surface area contributed by atoms with E-state index in [4.69, 9.17) is 4.74 Å². The molecule has 268 valence electrons. The number of para-hydroxylation sites is 3. The van der Waals surface area contributed by atoms with Crippen LogP contribution in [0.4, 0.5) is 16.2 Å². The van der Waals surface area contributed by atoms with Gasteiger partial charge in [-0.3, -0.25) is 14.4 Å². The van der Waals surface area contributed by atoms with Crippen LogP contribution in [0.3, 0.4) is 0 Å². The van der Waals surface area contributed by atoms with Crippen molar-refractivity contribution in [1.82, 2.24) is 20.0 Å². The van der Waals surface area contributed by atoms with Crippen LogP contribution in [0, 0.1) is 5.92 Å². The second-order valence-corrected chi connectivity index (χ2v) is 13.5. The zero-order valence-corrected chi connectivity index (χ0v) is 29.8. The highest BCUT2D eigenvalue weighted by atomic mass is 16.5. The molecule has 0 aromatic heterocycles. The Balaban J connectivity index is 0.000000380. The van der Waals surface area contributed by atoms with Crippen LogP contribution in [0.2, 0.25) is 0 Å². The van der Waals surface area contributed by atoms with Gasteiger partial charge in [0, 0.05) is 44.8 Å². The summed E-state index contributed by atoms with van der Waals surface area (Å²) in [6.07, 6.45) is 8.53. The third kappa shape index (κ3) is 11.5. The lowest BCUT2D eigenvalue weighted by molar-refractivity contribution is -0.140. The Morgan fingerprint density at radius 2 is 1.41 bits per heavy atom. The molecular formula is C38H56N6O5. The van der Waals surface area contributed by atoms with E-state index in [-0.39, 0.29) is 24.1 Å². The van der Waals surface area contributed by atoms with Gasteiger partial charge in [-0.1, -0.05) is 50.6 Å².